The number of ether oxygens (including phenoxy) is 1. The second-order valence-corrected chi connectivity index (χ2v) is 6.91. The van der Waals surface area contributed by atoms with E-state index in [4.69, 9.17) is 16.3 Å². The SMILES string of the molecule is CC(C)(C)NCC1CCCOC1c1ccc(Cl)c(F)c1. The summed E-state index contributed by atoms with van der Waals surface area (Å²) in [6.45, 7) is 8.05. The van der Waals surface area contributed by atoms with Gasteiger partial charge in [0.2, 0.25) is 0 Å². The van der Waals surface area contributed by atoms with Crippen molar-refractivity contribution >= 4 is 11.6 Å². The molecule has 1 saturated heterocycles. The smallest absolute Gasteiger partial charge is 0.142 e. The number of benzene rings is 1. The highest BCUT2D eigenvalue weighted by Gasteiger charge is 2.28. The average molecular weight is 300 g/mol. The minimum atomic E-state index is -0.374. The highest BCUT2D eigenvalue weighted by molar-refractivity contribution is 6.30. The van der Waals surface area contributed by atoms with E-state index in [2.05, 4.69) is 26.1 Å². The van der Waals surface area contributed by atoms with Crippen molar-refractivity contribution in [3.63, 3.8) is 0 Å². The molecule has 1 N–H and O–H groups in total. The van der Waals surface area contributed by atoms with Gasteiger partial charge in [-0.3, -0.25) is 0 Å². The lowest BCUT2D eigenvalue weighted by atomic mass is 9.88. The van der Waals surface area contributed by atoms with Gasteiger partial charge in [0.1, 0.15) is 5.82 Å². The van der Waals surface area contributed by atoms with Gasteiger partial charge in [-0.25, -0.2) is 4.39 Å². The Labute approximate surface area is 125 Å². The molecule has 4 heteroatoms. The van der Waals surface area contributed by atoms with Crippen LogP contribution in [0.5, 0.6) is 0 Å². The Morgan fingerprint density at radius 3 is 2.80 bits per heavy atom. The molecule has 0 spiro atoms. The first-order valence-corrected chi connectivity index (χ1v) is 7.56. The van der Waals surface area contributed by atoms with Gasteiger partial charge in [0, 0.05) is 24.6 Å². The van der Waals surface area contributed by atoms with Crippen molar-refractivity contribution in [2.24, 2.45) is 5.92 Å². The maximum Gasteiger partial charge on any atom is 0.142 e. The van der Waals surface area contributed by atoms with Crippen LogP contribution in [0.3, 0.4) is 0 Å². The normalized spacial score (nSPS) is 23.9. The molecular formula is C16H23ClFNO. The van der Waals surface area contributed by atoms with E-state index >= 15 is 0 Å². The third kappa shape index (κ3) is 4.18. The molecule has 0 saturated carbocycles. The molecule has 112 valence electrons. The van der Waals surface area contributed by atoms with Crippen molar-refractivity contribution in [2.45, 2.75) is 45.3 Å². The van der Waals surface area contributed by atoms with Gasteiger partial charge in [0.25, 0.3) is 0 Å². The van der Waals surface area contributed by atoms with E-state index in [0.717, 1.165) is 31.6 Å². The Morgan fingerprint density at radius 2 is 2.15 bits per heavy atom. The van der Waals surface area contributed by atoms with Crippen LogP contribution in [0.1, 0.15) is 45.3 Å². The minimum absolute atomic E-state index is 0.0506. The van der Waals surface area contributed by atoms with Gasteiger partial charge in [0.15, 0.2) is 0 Å². The quantitative estimate of drug-likeness (QED) is 0.896. The van der Waals surface area contributed by atoms with Crippen molar-refractivity contribution in [2.75, 3.05) is 13.2 Å². The summed E-state index contributed by atoms with van der Waals surface area (Å²) in [6.07, 6.45) is 2.10. The molecule has 0 amide bonds. The van der Waals surface area contributed by atoms with Crippen LogP contribution in [0.4, 0.5) is 4.39 Å². The van der Waals surface area contributed by atoms with Crippen LogP contribution in [0.15, 0.2) is 18.2 Å². The average Bonchev–Trinajstić information content (AvgIpc) is 2.39. The van der Waals surface area contributed by atoms with E-state index in [1.165, 1.54) is 6.07 Å². The Bertz CT molecular complexity index is 458. The third-order valence-corrected chi connectivity index (χ3v) is 3.92. The molecule has 1 aliphatic heterocycles. The molecular weight excluding hydrogens is 277 g/mol. The van der Waals surface area contributed by atoms with Crippen LogP contribution in [-0.4, -0.2) is 18.7 Å². The second-order valence-electron chi connectivity index (χ2n) is 6.50. The fraction of sp³-hybridized carbons (Fsp3) is 0.625. The van der Waals surface area contributed by atoms with Crippen LogP contribution in [0, 0.1) is 11.7 Å². The monoisotopic (exact) mass is 299 g/mol. The lowest BCUT2D eigenvalue weighted by molar-refractivity contribution is -0.0294. The van der Waals surface area contributed by atoms with E-state index in [0.29, 0.717) is 5.92 Å². The molecule has 0 aliphatic carbocycles. The van der Waals surface area contributed by atoms with Crippen LogP contribution >= 0.6 is 11.6 Å². The predicted molar refractivity (Wildman–Crippen MR) is 80.6 cm³/mol. The second kappa shape index (κ2) is 6.42. The van der Waals surface area contributed by atoms with Crippen molar-refractivity contribution in [3.05, 3.63) is 34.6 Å². The summed E-state index contributed by atoms with van der Waals surface area (Å²) >= 11 is 5.75. The Hall–Kier alpha value is -0.640. The maximum absolute atomic E-state index is 13.6. The summed E-state index contributed by atoms with van der Waals surface area (Å²) < 4.78 is 19.5. The van der Waals surface area contributed by atoms with Crippen molar-refractivity contribution in [3.8, 4) is 0 Å². The van der Waals surface area contributed by atoms with E-state index < -0.39 is 0 Å². The number of hydrogen-bond acceptors (Lipinski definition) is 2. The predicted octanol–water partition coefficient (Wildman–Crippen LogP) is 4.33. The fourth-order valence-corrected chi connectivity index (χ4v) is 2.66. The largest absolute Gasteiger partial charge is 0.373 e. The van der Waals surface area contributed by atoms with Crippen molar-refractivity contribution in [1.29, 1.82) is 0 Å². The lowest BCUT2D eigenvalue weighted by Gasteiger charge is -2.34. The molecule has 0 bridgehead atoms. The zero-order valence-electron chi connectivity index (χ0n) is 12.4. The number of rotatable bonds is 3. The molecule has 20 heavy (non-hydrogen) atoms. The molecule has 2 atom stereocenters. The van der Waals surface area contributed by atoms with E-state index in [1.807, 2.05) is 6.07 Å². The maximum atomic E-state index is 13.6. The first-order chi connectivity index (χ1) is 9.37. The Kier molecular flexibility index (Phi) is 5.05. The van der Waals surface area contributed by atoms with Gasteiger partial charge in [-0.05, 0) is 51.3 Å². The molecule has 0 aromatic heterocycles. The first-order valence-electron chi connectivity index (χ1n) is 7.18. The van der Waals surface area contributed by atoms with Crippen LogP contribution < -0.4 is 5.32 Å². The molecule has 0 radical (unpaired) electrons. The van der Waals surface area contributed by atoms with Gasteiger partial charge in [-0.2, -0.15) is 0 Å². The molecule has 2 rings (SSSR count). The summed E-state index contributed by atoms with van der Waals surface area (Å²) in [7, 11) is 0. The number of halogens is 2. The third-order valence-electron chi connectivity index (χ3n) is 3.61. The number of nitrogens with one attached hydrogen (secondary N) is 1. The molecule has 2 nitrogen and oxygen atoms in total. The van der Waals surface area contributed by atoms with Gasteiger partial charge in [-0.15, -0.1) is 0 Å². The molecule has 1 aliphatic rings. The highest BCUT2D eigenvalue weighted by atomic mass is 35.5. The molecule has 1 aromatic rings. The summed E-state index contributed by atoms with van der Waals surface area (Å²) in [5, 5.41) is 3.68. The lowest BCUT2D eigenvalue weighted by Crippen LogP contribution is -2.41. The van der Waals surface area contributed by atoms with Crippen LogP contribution in [0.25, 0.3) is 0 Å². The highest BCUT2D eigenvalue weighted by Crippen LogP contribution is 2.34. The molecule has 1 fully saturated rings. The zero-order chi connectivity index (χ0) is 14.8. The standard InChI is InChI=1S/C16H23ClFNO/c1-16(2,3)19-10-12-5-4-8-20-15(12)11-6-7-13(17)14(18)9-11/h6-7,9,12,15,19H,4-5,8,10H2,1-3H3. The van der Waals surface area contributed by atoms with Gasteiger partial charge in [-0.1, -0.05) is 17.7 Å². The van der Waals surface area contributed by atoms with Crippen LogP contribution in [-0.2, 0) is 4.74 Å². The zero-order valence-corrected chi connectivity index (χ0v) is 13.1. The van der Waals surface area contributed by atoms with E-state index in [9.17, 15) is 4.39 Å². The van der Waals surface area contributed by atoms with Crippen molar-refractivity contribution in [1.82, 2.24) is 5.32 Å². The molecule has 2 unspecified atom stereocenters. The number of hydrogen-bond donors (Lipinski definition) is 1. The minimum Gasteiger partial charge on any atom is -0.373 e. The van der Waals surface area contributed by atoms with Gasteiger partial charge in [0.05, 0.1) is 11.1 Å². The van der Waals surface area contributed by atoms with Gasteiger partial charge < -0.3 is 10.1 Å². The molecule has 1 heterocycles. The van der Waals surface area contributed by atoms with Crippen LogP contribution in [0.2, 0.25) is 5.02 Å². The Morgan fingerprint density at radius 1 is 1.40 bits per heavy atom. The summed E-state index contributed by atoms with van der Waals surface area (Å²) in [6, 6.07) is 4.98. The summed E-state index contributed by atoms with van der Waals surface area (Å²) in [5.41, 5.74) is 0.958. The fourth-order valence-electron chi connectivity index (χ4n) is 2.55. The van der Waals surface area contributed by atoms with Crippen molar-refractivity contribution < 1.29 is 9.13 Å². The topological polar surface area (TPSA) is 21.3 Å². The first kappa shape index (κ1) is 15.7. The van der Waals surface area contributed by atoms with Gasteiger partial charge >= 0.3 is 0 Å². The molecule has 1 aromatic carbocycles. The van der Waals surface area contributed by atoms with E-state index in [1.54, 1.807) is 6.07 Å². The van der Waals surface area contributed by atoms with E-state index in [-0.39, 0.29) is 22.5 Å². The Balaban J connectivity index is 2.11. The summed E-state index contributed by atoms with van der Waals surface area (Å²) in [4.78, 5) is 0. The summed E-state index contributed by atoms with van der Waals surface area (Å²) in [5.74, 6) is -0.00980.